The Labute approximate surface area is 86.9 Å². The van der Waals surface area contributed by atoms with Crippen LogP contribution in [0.1, 0.15) is 25.5 Å². The summed E-state index contributed by atoms with van der Waals surface area (Å²) >= 11 is 0. The van der Waals surface area contributed by atoms with Crippen molar-refractivity contribution in [2.24, 2.45) is 0 Å². The minimum absolute atomic E-state index is 0.138. The van der Waals surface area contributed by atoms with Gasteiger partial charge in [0.25, 0.3) is 0 Å². The quantitative estimate of drug-likeness (QED) is 0.751. The molecule has 0 aromatic heterocycles. The van der Waals surface area contributed by atoms with Crippen molar-refractivity contribution in [3.05, 3.63) is 35.9 Å². The van der Waals surface area contributed by atoms with Crippen LogP contribution in [0, 0.1) is 0 Å². The van der Waals surface area contributed by atoms with Crippen LogP contribution in [0.5, 0.6) is 0 Å². The highest BCUT2D eigenvalue weighted by Crippen LogP contribution is 2.36. The maximum absolute atomic E-state index is 12.6. The average molecular weight is 218 g/mol. The van der Waals surface area contributed by atoms with Crippen molar-refractivity contribution in [1.82, 2.24) is 0 Å². The van der Waals surface area contributed by atoms with Gasteiger partial charge in [-0.05, 0) is 19.4 Å². The summed E-state index contributed by atoms with van der Waals surface area (Å²) in [6.45, 7) is 3.17. The molecule has 0 aliphatic carbocycles. The third-order valence-electron chi connectivity index (χ3n) is 1.81. The molecule has 0 amide bonds. The summed E-state index contributed by atoms with van der Waals surface area (Å²) in [6.07, 6.45) is -6.67. The van der Waals surface area contributed by atoms with Gasteiger partial charge < -0.3 is 4.74 Å². The largest absolute Gasteiger partial charge is 0.418 e. The van der Waals surface area contributed by atoms with E-state index in [0.29, 0.717) is 0 Å². The first-order valence-corrected chi connectivity index (χ1v) is 4.68. The molecule has 0 radical (unpaired) electrons. The molecule has 84 valence electrons. The summed E-state index contributed by atoms with van der Waals surface area (Å²) < 4.78 is 42.8. The van der Waals surface area contributed by atoms with Gasteiger partial charge in [0, 0.05) is 0 Å². The Morgan fingerprint density at radius 3 is 2.00 bits per heavy atom. The van der Waals surface area contributed by atoms with Crippen LogP contribution in [0.15, 0.2) is 30.3 Å². The molecule has 0 saturated heterocycles. The van der Waals surface area contributed by atoms with E-state index < -0.39 is 18.4 Å². The minimum Gasteiger partial charge on any atom is -0.361 e. The summed E-state index contributed by atoms with van der Waals surface area (Å²) in [5.74, 6) is 0. The highest BCUT2D eigenvalue weighted by molar-refractivity contribution is 5.18. The SMILES string of the molecule is CC(C)O[C@H](c1ccccc1)C(F)(F)F. The molecule has 0 unspecified atom stereocenters. The Morgan fingerprint density at radius 2 is 1.60 bits per heavy atom. The Hall–Kier alpha value is -1.03. The molecule has 0 fully saturated rings. The van der Waals surface area contributed by atoms with Gasteiger partial charge in [0.2, 0.25) is 0 Å². The smallest absolute Gasteiger partial charge is 0.361 e. The standard InChI is InChI=1S/C11H13F3O/c1-8(2)15-10(11(12,13)14)9-6-4-3-5-7-9/h3-8,10H,1-2H3/t10-/m1/s1. The molecular weight excluding hydrogens is 205 g/mol. The van der Waals surface area contributed by atoms with Crippen LogP contribution in [0.4, 0.5) is 13.2 Å². The van der Waals surface area contributed by atoms with Gasteiger partial charge in [-0.2, -0.15) is 13.2 Å². The van der Waals surface area contributed by atoms with E-state index in [2.05, 4.69) is 0 Å². The van der Waals surface area contributed by atoms with E-state index in [0.717, 1.165) is 0 Å². The zero-order chi connectivity index (χ0) is 11.5. The lowest BCUT2D eigenvalue weighted by molar-refractivity contribution is -0.233. The maximum atomic E-state index is 12.6. The number of alkyl halides is 3. The first-order chi connectivity index (χ1) is 6.91. The van der Waals surface area contributed by atoms with Crippen LogP contribution >= 0.6 is 0 Å². The molecular formula is C11H13F3O. The normalized spacial score (nSPS) is 14.3. The van der Waals surface area contributed by atoms with E-state index >= 15 is 0 Å². The summed E-state index contributed by atoms with van der Waals surface area (Å²) in [5, 5.41) is 0. The van der Waals surface area contributed by atoms with Crippen molar-refractivity contribution < 1.29 is 17.9 Å². The van der Waals surface area contributed by atoms with Crippen LogP contribution in [-0.4, -0.2) is 12.3 Å². The van der Waals surface area contributed by atoms with Crippen molar-refractivity contribution in [2.45, 2.75) is 32.2 Å². The van der Waals surface area contributed by atoms with Crippen LogP contribution in [0.3, 0.4) is 0 Å². The number of hydrogen-bond acceptors (Lipinski definition) is 1. The van der Waals surface area contributed by atoms with Gasteiger partial charge in [-0.15, -0.1) is 0 Å². The van der Waals surface area contributed by atoms with Gasteiger partial charge in [-0.3, -0.25) is 0 Å². The molecule has 4 heteroatoms. The lowest BCUT2D eigenvalue weighted by atomic mass is 10.1. The zero-order valence-corrected chi connectivity index (χ0v) is 8.58. The van der Waals surface area contributed by atoms with Gasteiger partial charge in [0.1, 0.15) is 0 Å². The monoisotopic (exact) mass is 218 g/mol. The number of hydrogen-bond donors (Lipinski definition) is 0. The first-order valence-electron chi connectivity index (χ1n) is 4.68. The summed E-state index contributed by atoms with van der Waals surface area (Å²) in [4.78, 5) is 0. The molecule has 0 saturated carbocycles. The number of benzene rings is 1. The molecule has 0 bridgehead atoms. The second kappa shape index (κ2) is 4.66. The third-order valence-corrected chi connectivity index (χ3v) is 1.81. The average Bonchev–Trinajstić information content (AvgIpc) is 2.14. The van der Waals surface area contributed by atoms with E-state index in [1.807, 2.05) is 0 Å². The van der Waals surface area contributed by atoms with E-state index in [4.69, 9.17) is 4.74 Å². The van der Waals surface area contributed by atoms with Gasteiger partial charge in [0.15, 0.2) is 6.10 Å². The van der Waals surface area contributed by atoms with Crippen molar-refractivity contribution in [1.29, 1.82) is 0 Å². The lowest BCUT2D eigenvalue weighted by Gasteiger charge is -2.23. The Morgan fingerprint density at radius 1 is 1.07 bits per heavy atom. The molecule has 1 aromatic rings. The van der Waals surface area contributed by atoms with Gasteiger partial charge in [0.05, 0.1) is 6.10 Å². The van der Waals surface area contributed by atoms with Gasteiger partial charge >= 0.3 is 6.18 Å². The van der Waals surface area contributed by atoms with Crippen LogP contribution < -0.4 is 0 Å². The molecule has 1 atom stereocenters. The summed E-state index contributed by atoms with van der Waals surface area (Å²) in [7, 11) is 0. The van der Waals surface area contributed by atoms with Crippen molar-refractivity contribution in [3.63, 3.8) is 0 Å². The third kappa shape index (κ3) is 3.55. The van der Waals surface area contributed by atoms with Crippen molar-refractivity contribution in [3.8, 4) is 0 Å². The molecule has 1 aromatic carbocycles. The fourth-order valence-corrected chi connectivity index (χ4v) is 1.24. The first kappa shape index (κ1) is 12.0. The Kier molecular flexibility index (Phi) is 3.74. The van der Waals surface area contributed by atoms with E-state index in [1.54, 1.807) is 32.0 Å². The van der Waals surface area contributed by atoms with Gasteiger partial charge in [-0.1, -0.05) is 30.3 Å². The van der Waals surface area contributed by atoms with Crippen molar-refractivity contribution >= 4 is 0 Å². The number of ether oxygens (including phenoxy) is 1. The van der Waals surface area contributed by atoms with Crippen LogP contribution in [0.2, 0.25) is 0 Å². The van der Waals surface area contributed by atoms with Gasteiger partial charge in [-0.25, -0.2) is 0 Å². The zero-order valence-electron chi connectivity index (χ0n) is 8.58. The van der Waals surface area contributed by atoms with E-state index in [1.165, 1.54) is 12.1 Å². The predicted octanol–water partition coefficient (Wildman–Crippen LogP) is 3.72. The fourth-order valence-electron chi connectivity index (χ4n) is 1.24. The minimum atomic E-state index is -4.37. The molecule has 15 heavy (non-hydrogen) atoms. The fraction of sp³-hybridized carbons (Fsp3) is 0.455. The summed E-state index contributed by atoms with van der Waals surface area (Å²) in [6, 6.07) is 7.64. The van der Waals surface area contributed by atoms with Crippen LogP contribution in [0.25, 0.3) is 0 Å². The van der Waals surface area contributed by atoms with E-state index in [9.17, 15) is 13.2 Å². The van der Waals surface area contributed by atoms with Crippen molar-refractivity contribution in [2.75, 3.05) is 0 Å². The number of rotatable bonds is 3. The lowest BCUT2D eigenvalue weighted by Crippen LogP contribution is -2.26. The van der Waals surface area contributed by atoms with Crippen LogP contribution in [-0.2, 0) is 4.74 Å². The Balaban J connectivity index is 2.92. The molecule has 1 nitrogen and oxygen atoms in total. The second-order valence-electron chi connectivity index (χ2n) is 3.52. The second-order valence-corrected chi connectivity index (χ2v) is 3.52. The predicted molar refractivity (Wildman–Crippen MR) is 51.5 cm³/mol. The molecule has 0 heterocycles. The topological polar surface area (TPSA) is 9.23 Å². The molecule has 0 aliphatic rings. The summed E-state index contributed by atoms with van der Waals surface area (Å²) in [5.41, 5.74) is 0.138. The highest BCUT2D eigenvalue weighted by Gasteiger charge is 2.42. The Bertz CT molecular complexity index is 292. The van der Waals surface area contributed by atoms with E-state index in [-0.39, 0.29) is 5.56 Å². The molecule has 0 aliphatic heterocycles. The maximum Gasteiger partial charge on any atom is 0.418 e. The molecule has 0 spiro atoms. The molecule has 1 rings (SSSR count). The highest BCUT2D eigenvalue weighted by atomic mass is 19.4. The molecule has 0 N–H and O–H groups in total. The number of halogens is 3.